The minimum absolute atomic E-state index is 0.0561. The molecule has 0 saturated carbocycles. The van der Waals surface area contributed by atoms with Crippen molar-refractivity contribution in [3.63, 3.8) is 0 Å². The molecular weight excluding hydrogens is 334 g/mol. The number of hydrogen-bond donors (Lipinski definition) is 1. The zero-order valence-electron chi connectivity index (χ0n) is 11.7. The molecule has 2 rings (SSSR count). The van der Waals surface area contributed by atoms with Crippen molar-refractivity contribution in [2.75, 3.05) is 5.32 Å². The van der Waals surface area contributed by atoms with Crippen molar-refractivity contribution in [1.82, 2.24) is 4.98 Å². The van der Waals surface area contributed by atoms with E-state index in [-0.39, 0.29) is 11.5 Å². The molecule has 1 heterocycles. The zero-order chi connectivity index (χ0) is 15.2. The average Bonchev–Trinajstić information content (AvgIpc) is 2.48. The van der Waals surface area contributed by atoms with Crippen LogP contribution in [-0.4, -0.2) is 9.91 Å². The maximum Gasteiger partial charge on any atom is 0.312 e. The molecule has 0 spiro atoms. The third-order valence-corrected chi connectivity index (χ3v) is 3.50. The number of anilines is 2. The number of nitro groups is 1. The Morgan fingerprint density at radius 1 is 1.33 bits per heavy atom. The van der Waals surface area contributed by atoms with Crippen LogP contribution >= 0.6 is 15.9 Å². The fourth-order valence-corrected chi connectivity index (χ4v) is 2.26. The number of aryl methyl sites for hydroxylation is 1. The first kappa shape index (κ1) is 15.4. The number of nitrogens with zero attached hydrogens (tertiary/aromatic N) is 2. The van der Waals surface area contributed by atoms with Crippen LogP contribution in [0.4, 0.5) is 17.2 Å². The number of benzene rings is 1. The molecule has 0 unspecified atom stereocenters. The van der Waals surface area contributed by atoms with Crippen molar-refractivity contribution in [1.29, 1.82) is 0 Å². The van der Waals surface area contributed by atoms with Gasteiger partial charge in [-0.2, -0.15) is 0 Å². The average molecular weight is 350 g/mol. The molecule has 5 nitrogen and oxygen atoms in total. The fraction of sp³-hybridized carbons (Fsp3) is 0.267. The van der Waals surface area contributed by atoms with Crippen LogP contribution in [0.25, 0.3) is 0 Å². The summed E-state index contributed by atoms with van der Waals surface area (Å²) in [6, 6.07) is 9.33. The van der Waals surface area contributed by atoms with Gasteiger partial charge in [-0.05, 0) is 46.5 Å². The second-order valence-corrected chi connectivity index (χ2v) is 5.62. The summed E-state index contributed by atoms with van der Waals surface area (Å²) in [5.74, 6) is 0.240. The molecule has 0 aliphatic carbocycles. The highest BCUT2D eigenvalue weighted by Crippen LogP contribution is 2.28. The second-order valence-electron chi connectivity index (χ2n) is 4.70. The van der Waals surface area contributed by atoms with Crippen LogP contribution in [-0.2, 0) is 6.42 Å². The van der Waals surface area contributed by atoms with Gasteiger partial charge in [0, 0.05) is 22.4 Å². The Hall–Kier alpha value is -1.95. The molecule has 110 valence electrons. The molecule has 21 heavy (non-hydrogen) atoms. The molecule has 0 aliphatic rings. The summed E-state index contributed by atoms with van der Waals surface area (Å²) < 4.78 is 0.578. The quantitative estimate of drug-likeness (QED) is 0.598. The van der Waals surface area contributed by atoms with E-state index >= 15 is 0 Å². The summed E-state index contributed by atoms with van der Waals surface area (Å²) >= 11 is 3.19. The molecule has 0 fully saturated rings. The molecule has 0 bridgehead atoms. The van der Waals surface area contributed by atoms with Crippen molar-refractivity contribution >= 4 is 33.1 Å². The molecule has 0 atom stereocenters. The van der Waals surface area contributed by atoms with E-state index in [4.69, 9.17) is 0 Å². The predicted octanol–water partition coefficient (Wildman–Crippen LogP) is 4.84. The van der Waals surface area contributed by atoms with Gasteiger partial charge in [-0.15, -0.1) is 0 Å². The lowest BCUT2D eigenvalue weighted by molar-refractivity contribution is -0.384. The van der Waals surface area contributed by atoms with Crippen molar-refractivity contribution in [3.05, 3.63) is 56.7 Å². The van der Waals surface area contributed by atoms with E-state index in [1.807, 2.05) is 24.3 Å². The number of unbranched alkanes of at least 4 members (excludes halogenated alkanes) is 1. The maximum atomic E-state index is 11.0. The van der Waals surface area contributed by atoms with Gasteiger partial charge in [0.05, 0.1) is 4.92 Å². The van der Waals surface area contributed by atoms with Gasteiger partial charge in [0.2, 0.25) is 5.82 Å². The fourth-order valence-electron chi connectivity index (χ4n) is 1.94. The lowest BCUT2D eigenvalue weighted by Crippen LogP contribution is -1.99. The molecule has 6 heteroatoms. The minimum atomic E-state index is -0.449. The Kier molecular flexibility index (Phi) is 5.27. The summed E-state index contributed by atoms with van der Waals surface area (Å²) in [7, 11) is 0. The summed E-state index contributed by atoms with van der Waals surface area (Å²) in [5.41, 5.74) is 1.99. The number of aromatic nitrogens is 1. The van der Waals surface area contributed by atoms with E-state index in [1.54, 1.807) is 0 Å². The van der Waals surface area contributed by atoms with Gasteiger partial charge < -0.3 is 5.32 Å². The van der Waals surface area contributed by atoms with Gasteiger partial charge in [0.15, 0.2) is 0 Å². The lowest BCUT2D eigenvalue weighted by atomic mass is 10.1. The summed E-state index contributed by atoms with van der Waals surface area (Å²) in [6.07, 6.45) is 4.90. The van der Waals surface area contributed by atoms with Crippen LogP contribution in [0.3, 0.4) is 0 Å². The Morgan fingerprint density at radius 2 is 2.05 bits per heavy atom. The van der Waals surface area contributed by atoms with Gasteiger partial charge in [0.25, 0.3) is 0 Å². The Bertz CT molecular complexity index is 629. The van der Waals surface area contributed by atoms with Gasteiger partial charge in [-0.3, -0.25) is 10.1 Å². The number of hydrogen-bond acceptors (Lipinski definition) is 4. The van der Waals surface area contributed by atoms with Crippen molar-refractivity contribution < 1.29 is 4.92 Å². The largest absolute Gasteiger partial charge is 0.334 e. The van der Waals surface area contributed by atoms with Gasteiger partial charge in [-0.1, -0.05) is 25.5 Å². The van der Waals surface area contributed by atoms with E-state index in [0.29, 0.717) is 4.47 Å². The van der Waals surface area contributed by atoms with E-state index < -0.39 is 4.92 Å². The maximum absolute atomic E-state index is 11.0. The number of halogens is 1. The standard InChI is InChI=1S/C15H16BrN3O2/c1-2-3-4-11-5-7-13(8-6-11)18-15-14(19(20)21)9-12(16)10-17-15/h5-10H,2-4H2,1H3,(H,17,18). The van der Waals surface area contributed by atoms with Gasteiger partial charge >= 0.3 is 5.69 Å². The van der Waals surface area contributed by atoms with E-state index in [1.165, 1.54) is 17.8 Å². The van der Waals surface area contributed by atoms with Crippen LogP contribution in [0.5, 0.6) is 0 Å². The Morgan fingerprint density at radius 3 is 2.67 bits per heavy atom. The second kappa shape index (κ2) is 7.17. The topological polar surface area (TPSA) is 68.1 Å². The first-order valence-corrected chi connectivity index (χ1v) is 7.55. The van der Waals surface area contributed by atoms with Crippen LogP contribution in [0, 0.1) is 10.1 Å². The molecule has 0 saturated heterocycles. The first-order valence-electron chi connectivity index (χ1n) is 6.76. The number of pyridine rings is 1. The lowest BCUT2D eigenvalue weighted by Gasteiger charge is -2.07. The highest BCUT2D eigenvalue weighted by Gasteiger charge is 2.15. The van der Waals surface area contributed by atoms with Gasteiger partial charge in [0.1, 0.15) is 0 Å². The van der Waals surface area contributed by atoms with E-state index in [9.17, 15) is 10.1 Å². The molecular formula is C15H16BrN3O2. The third-order valence-electron chi connectivity index (χ3n) is 3.07. The molecule has 2 aromatic rings. The highest BCUT2D eigenvalue weighted by atomic mass is 79.9. The molecule has 0 radical (unpaired) electrons. The zero-order valence-corrected chi connectivity index (χ0v) is 13.3. The van der Waals surface area contributed by atoms with Crippen LogP contribution in [0.15, 0.2) is 41.0 Å². The van der Waals surface area contributed by atoms with Gasteiger partial charge in [-0.25, -0.2) is 4.98 Å². The van der Waals surface area contributed by atoms with Crippen LogP contribution in [0.2, 0.25) is 0 Å². The highest BCUT2D eigenvalue weighted by molar-refractivity contribution is 9.10. The smallest absolute Gasteiger partial charge is 0.312 e. The van der Waals surface area contributed by atoms with Crippen molar-refractivity contribution in [3.8, 4) is 0 Å². The molecule has 1 N–H and O–H groups in total. The Balaban J connectivity index is 2.16. The van der Waals surface area contributed by atoms with Crippen molar-refractivity contribution in [2.45, 2.75) is 26.2 Å². The minimum Gasteiger partial charge on any atom is -0.334 e. The SMILES string of the molecule is CCCCc1ccc(Nc2ncc(Br)cc2[N+](=O)[O-])cc1. The summed E-state index contributed by atoms with van der Waals surface area (Å²) in [6.45, 7) is 2.16. The van der Waals surface area contributed by atoms with E-state index in [0.717, 1.165) is 24.9 Å². The first-order chi connectivity index (χ1) is 10.1. The van der Waals surface area contributed by atoms with Crippen LogP contribution < -0.4 is 5.32 Å². The van der Waals surface area contributed by atoms with Crippen molar-refractivity contribution in [2.24, 2.45) is 0 Å². The monoisotopic (exact) mass is 349 g/mol. The molecule has 1 aromatic carbocycles. The Labute approximate surface area is 131 Å². The van der Waals surface area contributed by atoms with Crippen LogP contribution in [0.1, 0.15) is 25.3 Å². The summed E-state index contributed by atoms with van der Waals surface area (Å²) in [4.78, 5) is 14.7. The summed E-state index contributed by atoms with van der Waals surface area (Å²) in [5, 5.41) is 14.0. The number of rotatable bonds is 6. The van der Waals surface area contributed by atoms with E-state index in [2.05, 4.69) is 33.2 Å². The normalized spacial score (nSPS) is 10.4. The molecule has 1 aromatic heterocycles. The molecule has 0 aliphatic heterocycles. The predicted molar refractivity (Wildman–Crippen MR) is 86.9 cm³/mol. The molecule has 0 amide bonds. The third kappa shape index (κ3) is 4.26. The number of nitrogens with one attached hydrogen (secondary N) is 1.